The van der Waals surface area contributed by atoms with Crippen LogP contribution in [0.4, 0.5) is 14.5 Å². The Kier molecular flexibility index (Phi) is 4.96. The first-order chi connectivity index (χ1) is 15.8. The van der Waals surface area contributed by atoms with Gasteiger partial charge in [0.15, 0.2) is 0 Å². The highest BCUT2D eigenvalue weighted by Gasteiger charge is 2.48. The van der Waals surface area contributed by atoms with Crippen molar-refractivity contribution in [3.05, 3.63) is 100 Å². The second-order valence-electron chi connectivity index (χ2n) is 8.10. The number of aliphatic hydroxyl groups excluding tert-OH is 1. The van der Waals surface area contributed by atoms with Gasteiger partial charge in [0.1, 0.15) is 23.1 Å². The minimum absolute atomic E-state index is 0.187. The Morgan fingerprint density at radius 3 is 2.67 bits per heavy atom. The highest BCUT2D eigenvalue weighted by Crippen LogP contribution is 2.43. The van der Waals surface area contributed by atoms with Crippen LogP contribution in [0.2, 0.25) is 0 Å². The van der Waals surface area contributed by atoms with E-state index in [0.717, 1.165) is 34.2 Å². The maximum Gasteiger partial charge on any atom is 0.300 e. The smallest absolute Gasteiger partial charge is 0.300 e. The van der Waals surface area contributed by atoms with Crippen LogP contribution < -0.4 is 9.64 Å². The number of ketones is 1. The number of hydrogen-bond acceptors (Lipinski definition) is 4. The summed E-state index contributed by atoms with van der Waals surface area (Å²) in [4.78, 5) is 27.2. The summed E-state index contributed by atoms with van der Waals surface area (Å²) in [5.74, 6) is -3.31. The van der Waals surface area contributed by atoms with Gasteiger partial charge in [-0.3, -0.25) is 14.5 Å². The first-order valence-electron chi connectivity index (χ1n) is 10.4. The fourth-order valence-corrected chi connectivity index (χ4v) is 4.40. The van der Waals surface area contributed by atoms with Crippen molar-refractivity contribution >= 4 is 23.1 Å². The van der Waals surface area contributed by atoms with Crippen LogP contribution in [-0.4, -0.2) is 23.4 Å². The van der Waals surface area contributed by atoms with Gasteiger partial charge < -0.3 is 9.84 Å². The maximum atomic E-state index is 14.7. The Morgan fingerprint density at radius 2 is 1.88 bits per heavy atom. The monoisotopic (exact) mass is 447 g/mol. The van der Waals surface area contributed by atoms with Crippen LogP contribution in [0.3, 0.4) is 0 Å². The van der Waals surface area contributed by atoms with Crippen molar-refractivity contribution in [2.75, 3.05) is 11.5 Å². The van der Waals surface area contributed by atoms with Gasteiger partial charge in [-0.1, -0.05) is 29.8 Å². The molecular formula is C26H19F2NO4. The van der Waals surface area contributed by atoms with Gasteiger partial charge >= 0.3 is 0 Å². The molecule has 1 unspecified atom stereocenters. The van der Waals surface area contributed by atoms with Crippen molar-refractivity contribution in [1.29, 1.82) is 0 Å². The molecule has 0 bridgehead atoms. The number of nitrogens with zero attached hydrogens (tertiary/aromatic N) is 1. The first kappa shape index (κ1) is 20.9. The fourth-order valence-electron chi connectivity index (χ4n) is 4.40. The van der Waals surface area contributed by atoms with Gasteiger partial charge in [0, 0.05) is 18.1 Å². The summed E-state index contributed by atoms with van der Waals surface area (Å²) in [5.41, 5.74) is 1.99. The first-order valence-corrected chi connectivity index (χ1v) is 10.4. The number of ether oxygens (including phenoxy) is 1. The van der Waals surface area contributed by atoms with Crippen molar-refractivity contribution < 1.29 is 28.2 Å². The number of halogens is 2. The lowest BCUT2D eigenvalue weighted by molar-refractivity contribution is -0.132. The summed E-state index contributed by atoms with van der Waals surface area (Å²) >= 11 is 0. The van der Waals surface area contributed by atoms with Crippen LogP contribution in [0.5, 0.6) is 5.75 Å². The molecule has 1 N–H and O–H groups in total. The SMILES string of the molecule is Cc1cccc(C2/C(=C(/O)c3ccc4c(c3)CCO4)C(=O)C(=O)N2c2cc(F)ccc2F)c1. The number of fused-ring (bicyclic) bond motifs is 1. The maximum absolute atomic E-state index is 14.7. The van der Waals surface area contributed by atoms with E-state index in [0.29, 0.717) is 29.9 Å². The number of aryl methyl sites for hydroxylation is 1. The zero-order valence-electron chi connectivity index (χ0n) is 17.6. The molecular weight excluding hydrogens is 428 g/mol. The van der Waals surface area contributed by atoms with Crippen molar-refractivity contribution in [3.8, 4) is 5.75 Å². The van der Waals surface area contributed by atoms with Gasteiger partial charge in [0.25, 0.3) is 11.7 Å². The van der Waals surface area contributed by atoms with Crippen molar-refractivity contribution in [2.45, 2.75) is 19.4 Å². The average molecular weight is 447 g/mol. The largest absolute Gasteiger partial charge is 0.507 e. The van der Waals surface area contributed by atoms with Crippen molar-refractivity contribution in [2.24, 2.45) is 0 Å². The number of hydrogen-bond donors (Lipinski definition) is 1. The molecule has 1 atom stereocenters. The summed E-state index contributed by atoms with van der Waals surface area (Å²) in [7, 11) is 0. The predicted molar refractivity (Wildman–Crippen MR) is 118 cm³/mol. The lowest BCUT2D eigenvalue weighted by Crippen LogP contribution is -2.30. The van der Waals surface area contributed by atoms with Crippen LogP contribution in [0.15, 0.2) is 66.2 Å². The summed E-state index contributed by atoms with van der Waals surface area (Å²) in [6.07, 6.45) is 0.653. The van der Waals surface area contributed by atoms with E-state index in [1.807, 2.05) is 13.0 Å². The summed E-state index contributed by atoms with van der Waals surface area (Å²) in [5, 5.41) is 11.2. The molecule has 33 heavy (non-hydrogen) atoms. The summed E-state index contributed by atoms with van der Waals surface area (Å²) < 4.78 is 34.2. The number of benzene rings is 3. The zero-order chi connectivity index (χ0) is 23.3. The number of carbonyl (C=O) groups excluding carboxylic acids is 2. The zero-order valence-corrected chi connectivity index (χ0v) is 17.6. The number of amides is 1. The molecule has 0 aliphatic carbocycles. The molecule has 3 aromatic carbocycles. The van der Waals surface area contributed by atoms with Crippen molar-refractivity contribution in [1.82, 2.24) is 0 Å². The third kappa shape index (κ3) is 3.46. The average Bonchev–Trinajstić information content (AvgIpc) is 3.37. The minimum atomic E-state index is -1.13. The minimum Gasteiger partial charge on any atom is -0.507 e. The molecule has 7 heteroatoms. The van der Waals surface area contributed by atoms with E-state index in [4.69, 9.17) is 4.74 Å². The van der Waals surface area contributed by atoms with E-state index in [2.05, 4.69) is 0 Å². The topological polar surface area (TPSA) is 66.8 Å². The molecule has 0 spiro atoms. The van der Waals surface area contributed by atoms with E-state index in [9.17, 15) is 23.5 Å². The molecule has 2 aliphatic heterocycles. The molecule has 0 aromatic heterocycles. The summed E-state index contributed by atoms with van der Waals surface area (Å²) in [6, 6.07) is 13.6. The van der Waals surface area contributed by atoms with Gasteiger partial charge in [-0.15, -0.1) is 0 Å². The highest BCUT2D eigenvalue weighted by molar-refractivity contribution is 6.51. The van der Waals surface area contributed by atoms with Gasteiger partial charge in [0.2, 0.25) is 0 Å². The second kappa shape index (κ2) is 7.85. The molecule has 2 aliphatic rings. The fraction of sp³-hybridized carbons (Fsp3) is 0.154. The Bertz CT molecular complexity index is 1350. The quantitative estimate of drug-likeness (QED) is 0.355. The van der Waals surface area contributed by atoms with Crippen LogP contribution >= 0.6 is 0 Å². The van der Waals surface area contributed by atoms with Crippen LogP contribution in [-0.2, 0) is 16.0 Å². The summed E-state index contributed by atoms with van der Waals surface area (Å²) in [6.45, 7) is 2.35. The number of Topliss-reactive ketones (excluding diaryl/α,β-unsaturated/α-hetero) is 1. The molecule has 5 rings (SSSR count). The Morgan fingerprint density at radius 1 is 1.06 bits per heavy atom. The molecule has 5 nitrogen and oxygen atoms in total. The van der Waals surface area contributed by atoms with Crippen molar-refractivity contribution in [3.63, 3.8) is 0 Å². The number of anilines is 1. The van der Waals surface area contributed by atoms with E-state index in [-0.39, 0.29) is 17.0 Å². The Labute approximate surface area is 188 Å². The van der Waals surface area contributed by atoms with E-state index in [1.54, 1.807) is 36.4 Å². The van der Waals surface area contributed by atoms with E-state index >= 15 is 0 Å². The highest BCUT2D eigenvalue weighted by atomic mass is 19.1. The predicted octanol–water partition coefficient (Wildman–Crippen LogP) is 4.83. The third-order valence-corrected chi connectivity index (χ3v) is 5.93. The third-order valence-electron chi connectivity index (χ3n) is 5.93. The molecule has 1 amide bonds. The van der Waals surface area contributed by atoms with Crippen LogP contribution in [0.25, 0.3) is 5.76 Å². The number of aliphatic hydroxyl groups is 1. The lowest BCUT2D eigenvalue weighted by atomic mass is 9.93. The van der Waals surface area contributed by atoms with Crippen LogP contribution in [0, 0.1) is 18.6 Å². The Balaban J connectivity index is 1.74. The van der Waals surface area contributed by atoms with E-state index < -0.39 is 29.4 Å². The van der Waals surface area contributed by atoms with Gasteiger partial charge in [0.05, 0.1) is 23.9 Å². The Hall–Kier alpha value is -4.00. The molecule has 1 saturated heterocycles. The lowest BCUT2D eigenvalue weighted by Gasteiger charge is -2.26. The molecule has 2 heterocycles. The molecule has 3 aromatic rings. The number of rotatable bonds is 3. The normalized spacial score (nSPS) is 19.0. The molecule has 0 saturated carbocycles. The molecule has 0 radical (unpaired) electrons. The number of carbonyl (C=O) groups is 2. The van der Waals surface area contributed by atoms with Gasteiger partial charge in [-0.05, 0) is 48.4 Å². The van der Waals surface area contributed by atoms with Gasteiger partial charge in [-0.25, -0.2) is 8.78 Å². The van der Waals surface area contributed by atoms with Crippen LogP contribution in [0.1, 0.15) is 28.3 Å². The molecule has 166 valence electrons. The molecule has 1 fully saturated rings. The van der Waals surface area contributed by atoms with E-state index in [1.165, 1.54) is 0 Å². The van der Waals surface area contributed by atoms with Gasteiger partial charge in [-0.2, -0.15) is 0 Å². The standard InChI is InChI=1S/C26H19F2NO4/c1-14-3-2-4-16(11-14)23-22(24(30)17-5-8-21-15(12-17)9-10-33-21)25(31)26(32)29(23)20-13-18(27)6-7-19(20)28/h2-8,11-13,23,30H,9-10H2,1H3/b24-22-. The second-order valence-corrected chi connectivity index (χ2v) is 8.10.